The van der Waals surface area contributed by atoms with Crippen molar-refractivity contribution in [2.75, 3.05) is 19.5 Å². The molecule has 1 aromatic rings. The van der Waals surface area contributed by atoms with Gasteiger partial charge in [-0.3, -0.25) is 0 Å². The van der Waals surface area contributed by atoms with E-state index in [9.17, 15) is 0 Å². The second-order valence-electron chi connectivity index (χ2n) is 3.79. The molecule has 0 spiro atoms. The maximum Gasteiger partial charge on any atom is 0.324 e. The van der Waals surface area contributed by atoms with Gasteiger partial charge < -0.3 is 14.8 Å². The Morgan fingerprint density at radius 3 is 2.25 bits per heavy atom. The van der Waals surface area contributed by atoms with Crippen molar-refractivity contribution in [2.24, 2.45) is 5.92 Å². The molecule has 1 aliphatic carbocycles. The zero-order valence-corrected chi connectivity index (χ0v) is 9.73. The van der Waals surface area contributed by atoms with Gasteiger partial charge in [-0.25, -0.2) is 0 Å². The smallest absolute Gasteiger partial charge is 0.324 e. The van der Waals surface area contributed by atoms with Crippen LogP contribution in [0.2, 0.25) is 0 Å². The second kappa shape index (κ2) is 4.51. The van der Waals surface area contributed by atoms with Crippen LogP contribution in [0.1, 0.15) is 19.8 Å². The first kappa shape index (κ1) is 10.9. The van der Waals surface area contributed by atoms with Gasteiger partial charge in [0.05, 0.1) is 14.2 Å². The van der Waals surface area contributed by atoms with Crippen molar-refractivity contribution in [3.8, 4) is 12.0 Å². The van der Waals surface area contributed by atoms with Gasteiger partial charge in [-0.1, -0.05) is 13.3 Å². The molecule has 1 aliphatic rings. The quantitative estimate of drug-likeness (QED) is 0.807. The normalized spacial score (nSPS) is 22.7. The lowest BCUT2D eigenvalue weighted by Gasteiger charge is -2.06. The van der Waals surface area contributed by atoms with Crippen LogP contribution in [0.3, 0.4) is 0 Å². The first-order chi connectivity index (χ1) is 7.76. The fourth-order valence-corrected chi connectivity index (χ4v) is 1.63. The SMILES string of the molecule is CCC1CC1Nc1nc(OC)nc(OC)n1. The molecule has 1 saturated carbocycles. The summed E-state index contributed by atoms with van der Waals surface area (Å²) in [5, 5.41) is 3.24. The first-order valence-electron chi connectivity index (χ1n) is 5.37. The van der Waals surface area contributed by atoms with E-state index < -0.39 is 0 Å². The highest BCUT2D eigenvalue weighted by molar-refractivity contribution is 5.31. The fraction of sp³-hybridized carbons (Fsp3) is 0.700. The molecule has 1 heterocycles. The van der Waals surface area contributed by atoms with Gasteiger partial charge in [0.15, 0.2) is 0 Å². The molecule has 0 saturated heterocycles. The Labute approximate surface area is 94.4 Å². The van der Waals surface area contributed by atoms with Crippen LogP contribution < -0.4 is 14.8 Å². The van der Waals surface area contributed by atoms with Gasteiger partial charge >= 0.3 is 12.0 Å². The van der Waals surface area contributed by atoms with Gasteiger partial charge in [0.2, 0.25) is 5.95 Å². The maximum atomic E-state index is 4.97. The number of hydrogen-bond donors (Lipinski definition) is 1. The Kier molecular flexibility index (Phi) is 3.07. The Morgan fingerprint density at radius 1 is 1.19 bits per heavy atom. The van der Waals surface area contributed by atoms with Crippen LogP contribution >= 0.6 is 0 Å². The van der Waals surface area contributed by atoms with Crippen molar-refractivity contribution in [3.63, 3.8) is 0 Å². The molecule has 0 aliphatic heterocycles. The van der Waals surface area contributed by atoms with Crippen LogP contribution in [0.5, 0.6) is 12.0 Å². The average molecular weight is 224 g/mol. The van der Waals surface area contributed by atoms with Gasteiger partial charge in [-0.2, -0.15) is 9.97 Å². The summed E-state index contributed by atoms with van der Waals surface area (Å²) < 4.78 is 9.94. The molecule has 88 valence electrons. The minimum atomic E-state index is 0.267. The van der Waals surface area contributed by atoms with E-state index in [-0.39, 0.29) is 12.0 Å². The van der Waals surface area contributed by atoms with Gasteiger partial charge in [-0.05, 0) is 12.3 Å². The molecule has 16 heavy (non-hydrogen) atoms. The van der Waals surface area contributed by atoms with Gasteiger partial charge in [0, 0.05) is 6.04 Å². The third-order valence-corrected chi connectivity index (χ3v) is 2.72. The Morgan fingerprint density at radius 2 is 1.81 bits per heavy atom. The number of rotatable bonds is 5. The number of nitrogens with zero attached hydrogens (tertiary/aromatic N) is 3. The molecule has 2 unspecified atom stereocenters. The number of ether oxygens (including phenoxy) is 2. The number of anilines is 1. The van der Waals surface area contributed by atoms with E-state index >= 15 is 0 Å². The molecular weight excluding hydrogens is 208 g/mol. The van der Waals surface area contributed by atoms with E-state index in [0.29, 0.717) is 12.0 Å². The highest BCUT2D eigenvalue weighted by Crippen LogP contribution is 2.35. The number of aromatic nitrogens is 3. The monoisotopic (exact) mass is 224 g/mol. The fourth-order valence-electron chi connectivity index (χ4n) is 1.63. The third-order valence-electron chi connectivity index (χ3n) is 2.72. The summed E-state index contributed by atoms with van der Waals surface area (Å²) >= 11 is 0. The molecule has 1 aromatic heterocycles. The molecule has 1 fully saturated rings. The predicted octanol–water partition coefficient (Wildman–Crippen LogP) is 1.10. The van der Waals surface area contributed by atoms with E-state index in [1.807, 2.05) is 0 Å². The minimum Gasteiger partial charge on any atom is -0.467 e. The van der Waals surface area contributed by atoms with Crippen LogP contribution in [-0.4, -0.2) is 35.2 Å². The van der Waals surface area contributed by atoms with E-state index in [4.69, 9.17) is 9.47 Å². The Balaban J connectivity index is 2.08. The lowest BCUT2D eigenvalue weighted by atomic mass is 10.3. The molecule has 0 bridgehead atoms. The molecule has 6 nitrogen and oxygen atoms in total. The molecule has 0 amide bonds. The van der Waals surface area contributed by atoms with Gasteiger partial charge in [0.25, 0.3) is 0 Å². The van der Waals surface area contributed by atoms with Crippen LogP contribution in [0.4, 0.5) is 5.95 Å². The molecule has 0 aromatic carbocycles. The zero-order valence-electron chi connectivity index (χ0n) is 9.73. The van der Waals surface area contributed by atoms with E-state index in [1.165, 1.54) is 27.1 Å². The summed E-state index contributed by atoms with van der Waals surface area (Å²) in [7, 11) is 3.04. The van der Waals surface area contributed by atoms with Crippen molar-refractivity contribution in [3.05, 3.63) is 0 Å². The van der Waals surface area contributed by atoms with Crippen LogP contribution in [0.25, 0.3) is 0 Å². The number of hydrogen-bond acceptors (Lipinski definition) is 6. The van der Waals surface area contributed by atoms with E-state index in [0.717, 1.165) is 5.92 Å². The van der Waals surface area contributed by atoms with Crippen LogP contribution in [-0.2, 0) is 0 Å². The predicted molar refractivity (Wildman–Crippen MR) is 58.7 cm³/mol. The maximum absolute atomic E-state index is 4.97. The molecule has 2 atom stereocenters. The largest absolute Gasteiger partial charge is 0.467 e. The lowest BCUT2D eigenvalue weighted by molar-refractivity contribution is 0.341. The van der Waals surface area contributed by atoms with Crippen LogP contribution in [0, 0.1) is 5.92 Å². The Bertz CT molecular complexity index is 350. The second-order valence-corrected chi connectivity index (χ2v) is 3.79. The zero-order chi connectivity index (χ0) is 11.5. The van der Waals surface area contributed by atoms with E-state index in [2.05, 4.69) is 27.2 Å². The first-order valence-corrected chi connectivity index (χ1v) is 5.37. The summed E-state index contributed by atoms with van der Waals surface area (Å²) in [6.07, 6.45) is 2.35. The topological polar surface area (TPSA) is 69.2 Å². The minimum absolute atomic E-state index is 0.267. The summed E-state index contributed by atoms with van der Waals surface area (Å²) in [6.45, 7) is 2.18. The standard InChI is InChI=1S/C10H16N4O2/c1-4-6-5-7(6)11-8-12-9(15-2)14-10(13-8)16-3/h6-7H,4-5H2,1-3H3,(H,11,12,13,14). The Hall–Kier alpha value is -1.59. The average Bonchev–Trinajstić information content (AvgIpc) is 3.06. The van der Waals surface area contributed by atoms with E-state index in [1.54, 1.807) is 0 Å². The summed E-state index contributed by atoms with van der Waals surface area (Å²) in [6, 6.07) is 1.01. The molecular formula is C10H16N4O2. The van der Waals surface area contributed by atoms with Gasteiger partial charge in [-0.15, -0.1) is 4.98 Å². The molecule has 0 radical (unpaired) electrons. The van der Waals surface area contributed by atoms with Gasteiger partial charge in [0.1, 0.15) is 0 Å². The molecule has 2 rings (SSSR count). The van der Waals surface area contributed by atoms with Crippen molar-refractivity contribution in [2.45, 2.75) is 25.8 Å². The molecule has 1 N–H and O–H groups in total. The van der Waals surface area contributed by atoms with Crippen molar-refractivity contribution < 1.29 is 9.47 Å². The number of methoxy groups -OCH3 is 2. The van der Waals surface area contributed by atoms with Crippen molar-refractivity contribution in [1.29, 1.82) is 0 Å². The summed E-state index contributed by atoms with van der Waals surface area (Å²) in [5.74, 6) is 1.25. The lowest BCUT2D eigenvalue weighted by Crippen LogP contribution is -2.10. The summed E-state index contributed by atoms with van der Waals surface area (Å²) in [5.41, 5.74) is 0. The number of nitrogens with one attached hydrogen (secondary N) is 1. The van der Waals surface area contributed by atoms with Crippen molar-refractivity contribution >= 4 is 5.95 Å². The summed E-state index contributed by atoms with van der Waals surface area (Å²) in [4.78, 5) is 12.2. The molecule has 6 heteroatoms. The highest BCUT2D eigenvalue weighted by Gasteiger charge is 2.35. The van der Waals surface area contributed by atoms with Crippen molar-refractivity contribution in [1.82, 2.24) is 15.0 Å². The highest BCUT2D eigenvalue weighted by atomic mass is 16.5. The van der Waals surface area contributed by atoms with Crippen LogP contribution in [0.15, 0.2) is 0 Å². The third kappa shape index (κ3) is 2.32.